The third-order valence-electron chi connectivity index (χ3n) is 1.88. The number of amides is 1. The summed E-state index contributed by atoms with van der Waals surface area (Å²) in [5.41, 5.74) is 0. The van der Waals surface area contributed by atoms with Crippen LogP contribution in [0.3, 0.4) is 0 Å². The van der Waals surface area contributed by atoms with E-state index in [4.69, 9.17) is 0 Å². The van der Waals surface area contributed by atoms with Crippen molar-refractivity contribution in [3.8, 4) is 0 Å². The minimum Gasteiger partial charge on any atom is -0.310 e. The van der Waals surface area contributed by atoms with E-state index < -0.39 is 35.9 Å². The highest BCUT2D eigenvalue weighted by atomic mass is 19.4. The Morgan fingerprint density at radius 2 is 1.63 bits per heavy atom. The van der Waals surface area contributed by atoms with E-state index in [1.165, 1.54) is 5.32 Å². The molecule has 1 aromatic rings. The van der Waals surface area contributed by atoms with Crippen LogP contribution in [-0.4, -0.2) is 23.2 Å². The molecule has 1 aromatic heterocycles. The van der Waals surface area contributed by atoms with Gasteiger partial charge >= 0.3 is 12.4 Å². The van der Waals surface area contributed by atoms with Gasteiger partial charge in [0.2, 0.25) is 17.8 Å². The van der Waals surface area contributed by atoms with E-state index in [-0.39, 0.29) is 0 Å². The lowest BCUT2D eigenvalue weighted by atomic mass is 10.1. The SMILES string of the molecule is O=C(Nc1cccc(F)n1)C(C(F)(F)F)C(F)(F)F. The monoisotopic (exact) mass is 290 g/mol. The van der Waals surface area contributed by atoms with Crippen LogP contribution < -0.4 is 5.32 Å². The Morgan fingerprint density at radius 3 is 2.05 bits per heavy atom. The molecule has 1 amide bonds. The summed E-state index contributed by atoms with van der Waals surface area (Å²) in [6, 6.07) is 2.62. The lowest BCUT2D eigenvalue weighted by Crippen LogP contribution is -2.45. The van der Waals surface area contributed by atoms with Gasteiger partial charge in [-0.1, -0.05) is 6.07 Å². The summed E-state index contributed by atoms with van der Waals surface area (Å²) in [5.74, 6) is -8.49. The summed E-state index contributed by atoms with van der Waals surface area (Å²) in [6.45, 7) is 0. The fourth-order valence-electron chi connectivity index (χ4n) is 1.16. The van der Waals surface area contributed by atoms with Gasteiger partial charge in [-0.05, 0) is 12.1 Å². The zero-order chi connectivity index (χ0) is 14.8. The maximum Gasteiger partial charge on any atom is 0.409 e. The fraction of sp³-hybridized carbons (Fsp3) is 0.333. The van der Waals surface area contributed by atoms with E-state index >= 15 is 0 Å². The van der Waals surface area contributed by atoms with Crippen molar-refractivity contribution in [2.45, 2.75) is 12.4 Å². The van der Waals surface area contributed by atoms with E-state index in [0.29, 0.717) is 0 Å². The molecule has 3 nitrogen and oxygen atoms in total. The van der Waals surface area contributed by atoms with E-state index in [9.17, 15) is 35.5 Å². The summed E-state index contributed by atoms with van der Waals surface area (Å²) in [5, 5.41) is 1.27. The van der Waals surface area contributed by atoms with Crippen LogP contribution in [0.25, 0.3) is 0 Å². The second kappa shape index (κ2) is 5.02. The first-order valence-electron chi connectivity index (χ1n) is 4.58. The number of alkyl halides is 6. The number of pyridine rings is 1. The van der Waals surface area contributed by atoms with Gasteiger partial charge in [0.05, 0.1) is 0 Å². The van der Waals surface area contributed by atoms with Crippen molar-refractivity contribution in [3.63, 3.8) is 0 Å². The molecule has 1 heterocycles. The van der Waals surface area contributed by atoms with Crippen molar-refractivity contribution in [2.75, 3.05) is 5.32 Å². The number of nitrogens with one attached hydrogen (secondary N) is 1. The summed E-state index contributed by atoms with van der Waals surface area (Å²) < 4.78 is 85.6. The Labute approximate surface area is 101 Å². The molecule has 0 aliphatic carbocycles. The summed E-state index contributed by atoms with van der Waals surface area (Å²) >= 11 is 0. The maximum absolute atomic E-state index is 12.6. The number of hydrogen-bond acceptors (Lipinski definition) is 2. The van der Waals surface area contributed by atoms with Crippen LogP contribution in [0.2, 0.25) is 0 Å². The molecule has 10 heteroatoms. The number of anilines is 1. The lowest BCUT2D eigenvalue weighted by molar-refractivity contribution is -0.272. The van der Waals surface area contributed by atoms with Gasteiger partial charge in [-0.25, -0.2) is 4.98 Å². The van der Waals surface area contributed by atoms with Crippen molar-refractivity contribution in [3.05, 3.63) is 24.1 Å². The average molecular weight is 290 g/mol. The number of nitrogens with zero attached hydrogens (tertiary/aromatic N) is 1. The molecule has 19 heavy (non-hydrogen) atoms. The van der Waals surface area contributed by atoms with Crippen LogP contribution in [0.5, 0.6) is 0 Å². The molecule has 0 saturated carbocycles. The maximum atomic E-state index is 12.6. The number of hydrogen-bond donors (Lipinski definition) is 1. The van der Waals surface area contributed by atoms with Crippen LogP contribution in [0, 0.1) is 11.9 Å². The third kappa shape index (κ3) is 4.07. The number of halogens is 7. The first kappa shape index (κ1) is 15.2. The largest absolute Gasteiger partial charge is 0.409 e. The highest BCUT2D eigenvalue weighted by Gasteiger charge is 2.61. The quantitative estimate of drug-likeness (QED) is 0.672. The first-order valence-corrected chi connectivity index (χ1v) is 4.58. The summed E-state index contributed by atoms with van der Waals surface area (Å²) in [6.07, 6.45) is -11.6. The molecule has 0 bridgehead atoms. The second-order valence-electron chi connectivity index (χ2n) is 3.35. The Kier molecular flexibility index (Phi) is 4.01. The molecule has 0 spiro atoms. The van der Waals surface area contributed by atoms with Crippen molar-refractivity contribution < 1.29 is 35.5 Å². The van der Waals surface area contributed by atoms with Crippen molar-refractivity contribution in [2.24, 2.45) is 5.92 Å². The number of aromatic nitrogens is 1. The van der Waals surface area contributed by atoms with Gasteiger partial charge in [0.1, 0.15) is 5.82 Å². The molecule has 0 aromatic carbocycles. The van der Waals surface area contributed by atoms with Gasteiger partial charge in [-0.15, -0.1) is 0 Å². The Morgan fingerprint density at radius 1 is 1.11 bits per heavy atom. The highest BCUT2D eigenvalue weighted by Crippen LogP contribution is 2.39. The first-order chi connectivity index (χ1) is 8.51. The molecule has 0 aliphatic heterocycles. The zero-order valence-corrected chi connectivity index (χ0v) is 8.81. The van der Waals surface area contributed by atoms with Gasteiger partial charge in [0.25, 0.3) is 0 Å². The van der Waals surface area contributed by atoms with Crippen LogP contribution in [0.1, 0.15) is 0 Å². The van der Waals surface area contributed by atoms with Gasteiger partial charge in [-0.2, -0.15) is 30.7 Å². The summed E-state index contributed by atoms with van der Waals surface area (Å²) in [4.78, 5) is 13.9. The molecule has 1 N–H and O–H groups in total. The standard InChI is InChI=1S/C9H5F7N2O/c10-4-2-1-3-5(17-4)18-7(19)6(8(11,12)13)9(14,15)16/h1-3,6H,(H,17,18,19). The molecular weight excluding hydrogens is 285 g/mol. The number of carbonyl (C=O) groups is 1. The average Bonchev–Trinajstić information content (AvgIpc) is 2.11. The molecule has 0 fully saturated rings. The molecule has 0 radical (unpaired) electrons. The van der Waals surface area contributed by atoms with E-state index in [1.807, 2.05) is 0 Å². The Bertz CT molecular complexity index is 454. The molecule has 0 unspecified atom stereocenters. The van der Waals surface area contributed by atoms with Crippen LogP contribution in [0.15, 0.2) is 18.2 Å². The Hall–Kier alpha value is -1.87. The van der Waals surface area contributed by atoms with Gasteiger partial charge in [0, 0.05) is 0 Å². The lowest BCUT2D eigenvalue weighted by Gasteiger charge is -2.21. The van der Waals surface area contributed by atoms with E-state index in [2.05, 4.69) is 4.98 Å². The topological polar surface area (TPSA) is 42.0 Å². The van der Waals surface area contributed by atoms with Gasteiger partial charge in [-0.3, -0.25) is 4.79 Å². The second-order valence-corrected chi connectivity index (χ2v) is 3.35. The molecule has 0 aliphatic rings. The summed E-state index contributed by atoms with van der Waals surface area (Å²) in [7, 11) is 0. The van der Waals surface area contributed by atoms with Gasteiger partial charge in [0.15, 0.2) is 0 Å². The third-order valence-corrected chi connectivity index (χ3v) is 1.88. The van der Waals surface area contributed by atoms with Crippen LogP contribution in [0.4, 0.5) is 36.6 Å². The number of carbonyl (C=O) groups excluding carboxylic acids is 1. The van der Waals surface area contributed by atoms with Crippen LogP contribution in [-0.2, 0) is 4.79 Å². The highest BCUT2D eigenvalue weighted by molar-refractivity contribution is 5.92. The van der Waals surface area contributed by atoms with Gasteiger partial charge < -0.3 is 5.32 Å². The van der Waals surface area contributed by atoms with Crippen molar-refractivity contribution in [1.82, 2.24) is 4.98 Å². The fourth-order valence-corrected chi connectivity index (χ4v) is 1.16. The van der Waals surface area contributed by atoms with Crippen molar-refractivity contribution in [1.29, 1.82) is 0 Å². The molecule has 106 valence electrons. The predicted molar refractivity (Wildman–Crippen MR) is 48.4 cm³/mol. The predicted octanol–water partition coefficient (Wildman–Crippen LogP) is 2.90. The normalized spacial score (nSPS) is 12.6. The smallest absolute Gasteiger partial charge is 0.310 e. The molecule has 0 atom stereocenters. The minimum absolute atomic E-state index is 0.747. The Balaban J connectivity index is 2.97. The molecule has 1 rings (SSSR count). The van der Waals surface area contributed by atoms with Crippen molar-refractivity contribution >= 4 is 11.7 Å². The molecular formula is C9H5F7N2O. The number of rotatable bonds is 2. The minimum atomic E-state index is -5.81. The van der Waals surface area contributed by atoms with Crippen LogP contribution >= 0.6 is 0 Å². The molecule has 0 saturated heterocycles. The zero-order valence-electron chi connectivity index (χ0n) is 8.81. The van der Waals surface area contributed by atoms with E-state index in [0.717, 1.165) is 18.2 Å². The van der Waals surface area contributed by atoms with E-state index in [1.54, 1.807) is 0 Å².